The van der Waals surface area contributed by atoms with Crippen molar-refractivity contribution in [3.05, 3.63) is 0 Å². The van der Waals surface area contributed by atoms with Crippen LogP contribution in [-0.2, 0) is 65.4 Å². The summed E-state index contributed by atoms with van der Waals surface area (Å²) >= 11 is 0. The summed E-state index contributed by atoms with van der Waals surface area (Å²) in [4.78, 5) is 72.4. The molecule has 17 nitrogen and oxygen atoms in total. The van der Waals surface area contributed by atoms with E-state index in [2.05, 4.69) is 27.7 Å². The summed E-state index contributed by atoms with van der Waals surface area (Å²) in [5.41, 5.74) is 0. The van der Waals surface area contributed by atoms with Crippen LogP contribution < -0.4 is 0 Å². The lowest BCUT2D eigenvalue weighted by Gasteiger charge is -2.21. The molecule has 0 bridgehead atoms. The number of rotatable bonds is 70. The van der Waals surface area contributed by atoms with E-state index in [1.54, 1.807) is 0 Å². The summed E-state index contributed by atoms with van der Waals surface area (Å²) in [6, 6.07) is 0. The number of aliphatic hydroxyl groups is 1. The summed E-state index contributed by atoms with van der Waals surface area (Å²) in [6.45, 7) is 4.93. The molecule has 3 N–H and O–H groups in total. The van der Waals surface area contributed by atoms with Gasteiger partial charge in [0.25, 0.3) is 0 Å². The third-order valence-electron chi connectivity index (χ3n) is 16.1. The maximum Gasteiger partial charge on any atom is 0.472 e. The zero-order valence-electron chi connectivity index (χ0n) is 56.7. The lowest BCUT2D eigenvalue weighted by atomic mass is 10.0. The van der Waals surface area contributed by atoms with E-state index in [4.69, 9.17) is 37.0 Å². The summed E-state index contributed by atoms with van der Waals surface area (Å²) in [7, 11) is -9.89. The Labute approximate surface area is 537 Å². The average molecular weight is 1300 g/mol. The van der Waals surface area contributed by atoms with Gasteiger partial charge in [0.15, 0.2) is 12.2 Å². The second-order valence-electron chi connectivity index (χ2n) is 24.9. The standard InChI is InChI=1S/C69H134O17P2/c1-5-9-13-17-21-25-29-31-32-34-36-40-44-48-52-56-69(74)86-65(60-80-67(72)54-50-46-42-39-35-33-30-26-22-18-14-10-6-2)62-84-88(77,78)82-58-63(70)57-81-87(75,76)83-61-64(85-68(73)55-51-47-43-38-28-24-20-16-12-8-4)59-79-66(71)53-49-45-41-37-27-23-19-15-11-7-3/h63-65,70H,5-62H2,1-4H3,(H,75,76)(H,77,78)/t63-,64+,65+/m0/s1. The van der Waals surface area contributed by atoms with Crippen LogP contribution >= 0.6 is 15.6 Å². The molecule has 0 fully saturated rings. The van der Waals surface area contributed by atoms with E-state index in [9.17, 15) is 43.2 Å². The fourth-order valence-corrected chi connectivity index (χ4v) is 12.1. The number of hydrogen-bond donors (Lipinski definition) is 3. The molecule has 522 valence electrons. The molecule has 0 aliphatic rings. The van der Waals surface area contributed by atoms with Crippen molar-refractivity contribution in [3.8, 4) is 0 Å². The van der Waals surface area contributed by atoms with Gasteiger partial charge in [-0.1, -0.05) is 310 Å². The van der Waals surface area contributed by atoms with Crippen molar-refractivity contribution in [2.75, 3.05) is 39.6 Å². The van der Waals surface area contributed by atoms with Crippen molar-refractivity contribution < 1.29 is 80.2 Å². The number of aliphatic hydroxyl groups excluding tert-OH is 1. The van der Waals surface area contributed by atoms with Gasteiger partial charge in [-0.3, -0.25) is 37.3 Å². The highest BCUT2D eigenvalue weighted by atomic mass is 31.2. The maximum absolute atomic E-state index is 13.0. The smallest absolute Gasteiger partial charge is 0.462 e. The Kier molecular flexibility index (Phi) is 62.4. The third-order valence-corrected chi connectivity index (χ3v) is 18.0. The Balaban J connectivity index is 5.23. The molecule has 0 radical (unpaired) electrons. The quantitative estimate of drug-likeness (QED) is 0.0222. The molecule has 0 aliphatic carbocycles. The zero-order valence-corrected chi connectivity index (χ0v) is 58.5. The largest absolute Gasteiger partial charge is 0.472 e. The number of esters is 4. The van der Waals surface area contributed by atoms with Crippen molar-refractivity contribution in [3.63, 3.8) is 0 Å². The van der Waals surface area contributed by atoms with Crippen LogP contribution in [0.4, 0.5) is 0 Å². The molecule has 19 heteroatoms. The highest BCUT2D eigenvalue weighted by molar-refractivity contribution is 7.47. The first-order valence-corrected chi connectivity index (χ1v) is 39.3. The van der Waals surface area contributed by atoms with E-state index in [1.807, 2.05) is 0 Å². The Hall–Kier alpha value is -1.94. The highest BCUT2D eigenvalue weighted by Crippen LogP contribution is 2.45. The molecule has 0 aromatic heterocycles. The second kappa shape index (κ2) is 63.8. The molecule has 0 aliphatic heterocycles. The van der Waals surface area contributed by atoms with Gasteiger partial charge in [0.1, 0.15) is 19.3 Å². The van der Waals surface area contributed by atoms with E-state index < -0.39 is 97.5 Å². The molecule has 0 amide bonds. The fourth-order valence-electron chi connectivity index (χ4n) is 10.5. The minimum atomic E-state index is -4.95. The molecule has 0 aromatic carbocycles. The molecular formula is C69H134O17P2. The Morgan fingerprint density at radius 1 is 0.273 bits per heavy atom. The summed E-state index contributed by atoms with van der Waals surface area (Å²) in [5, 5.41) is 10.6. The van der Waals surface area contributed by atoms with Crippen LogP contribution in [0.2, 0.25) is 0 Å². The second-order valence-corrected chi connectivity index (χ2v) is 27.8. The number of unbranched alkanes of at least 4 members (excludes halogenated alkanes) is 44. The summed E-state index contributed by atoms with van der Waals surface area (Å²) < 4.78 is 68.2. The van der Waals surface area contributed by atoms with Crippen LogP contribution in [0.25, 0.3) is 0 Å². The first kappa shape index (κ1) is 86.1. The van der Waals surface area contributed by atoms with Crippen LogP contribution in [0.1, 0.15) is 362 Å². The van der Waals surface area contributed by atoms with Crippen molar-refractivity contribution in [1.82, 2.24) is 0 Å². The number of phosphoric ester groups is 2. The zero-order chi connectivity index (χ0) is 64.7. The van der Waals surface area contributed by atoms with Crippen LogP contribution in [0.5, 0.6) is 0 Å². The Bertz CT molecular complexity index is 1690. The van der Waals surface area contributed by atoms with E-state index in [-0.39, 0.29) is 25.7 Å². The lowest BCUT2D eigenvalue weighted by Crippen LogP contribution is -2.30. The first-order valence-electron chi connectivity index (χ1n) is 36.3. The van der Waals surface area contributed by atoms with Crippen LogP contribution in [0.3, 0.4) is 0 Å². The van der Waals surface area contributed by atoms with Gasteiger partial charge < -0.3 is 33.8 Å². The van der Waals surface area contributed by atoms with Gasteiger partial charge in [0, 0.05) is 25.7 Å². The number of ether oxygens (including phenoxy) is 4. The molecule has 0 heterocycles. The van der Waals surface area contributed by atoms with Gasteiger partial charge in [-0.05, 0) is 25.7 Å². The molecule has 0 rings (SSSR count). The maximum atomic E-state index is 13.0. The lowest BCUT2D eigenvalue weighted by molar-refractivity contribution is -0.161. The monoisotopic (exact) mass is 1300 g/mol. The van der Waals surface area contributed by atoms with Crippen LogP contribution in [-0.4, -0.2) is 96.7 Å². The van der Waals surface area contributed by atoms with Gasteiger partial charge in [-0.15, -0.1) is 0 Å². The number of carbonyl (C=O) groups excluding carboxylic acids is 4. The van der Waals surface area contributed by atoms with E-state index in [0.717, 1.165) is 89.9 Å². The molecule has 88 heavy (non-hydrogen) atoms. The first-order chi connectivity index (χ1) is 42.7. The van der Waals surface area contributed by atoms with Crippen molar-refractivity contribution >= 4 is 39.5 Å². The van der Waals surface area contributed by atoms with Crippen molar-refractivity contribution in [2.24, 2.45) is 0 Å². The van der Waals surface area contributed by atoms with Gasteiger partial charge in [-0.25, -0.2) is 9.13 Å². The van der Waals surface area contributed by atoms with E-state index in [1.165, 1.54) is 193 Å². The summed E-state index contributed by atoms with van der Waals surface area (Å²) in [6.07, 6.45) is 51.1. The molecule has 0 spiro atoms. The van der Waals surface area contributed by atoms with Gasteiger partial charge in [-0.2, -0.15) is 0 Å². The molecule has 2 unspecified atom stereocenters. The highest BCUT2D eigenvalue weighted by Gasteiger charge is 2.30. The number of phosphoric acid groups is 2. The van der Waals surface area contributed by atoms with Crippen LogP contribution in [0, 0.1) is 0 Å². The Morgan fingerprint density at radius 3 is 0.670 bits per heavy atom. The Morgan fingerprint density at radius 2 is 0.455 bits per heavy atom. The van der Waals surface area contributed by atoms with E-state index >= 15 is 0 Å². The predicted octanol–water partition coefficient (Wildman–Crippen LogP) is 19.9. The molecular weight excluding hydrogens is 1160 g/mol. The molecule has 0 saturated heterocycles. The van der Waals surface area contributed by atoms with Crippen molar-refractivity contribution in [1.29, 1.82) is 0 Å². The van der Waals surface area contributed by atoms with Crippen molar-refractivity contribution in [2.45, 2.75) is 380 Å². The minimum Gasteiger partial charge on any atom is -0.462 e. The SMILES string of the molecule is CCCCCCCCCCCCCCCCCC(=O)O[C@H](COC(=O)CCCCCCCCCCCCCCC)COP(=O)(O)OC[C@@H](O)COP(=O)(O)OC[C@@H](COC(=O)CCCCCCCCCCCC)OC(=O)CCCCCCCCCCCC. The average Bonchev–Trinajstić information content (AvgIpc) is 3.58. The summed E-state index contributed by atoms with van der Waals surface area (Å²) in [5.74, 6) is -2.12. The number of carbonyl (C=O) groups is 4. The fraction of sp³-hybridized carbons (Fsp3) is 0.942. The normalized spacial score (nSPS) is 14.0. The van der Waals surface area contributed by atoms with Gasteiger partial charge >= 0.3 is 39.5 Å². The topological polar surface area (TPSA) is 237 Å². The van der Waals surface area contributed by atoms with Gasteiger partial charge in [0.2, 0.25) is 0 Å². The third kappa shape index (κ3) is 62.8. The number of hydrogen-bond acceptors (Lipinski definition) is 15. The molecule has 0 aromatic rings. The molecule has 0 saturated carbocycles. The van der Waals surface area contributed by atoms with E-state index in [0.29, 0.717) is 25.7 Å². The van der Waals surface area contributed by atoms with Gasteiger partial charge in [0.05, 0.1) is 26.4 Å². The predicted molar refractivity (Wildman–Crippen MR) is 354 cm³/mol. The molecule has 5 atom stereocenters. The minimum absolute atomic E-state index is 0.107. The van der Waals surface area contributed by atoms with Crippen LogP contribution in [0.15, 0.2) is 0 Å².